The Morgan fingerprint density at radius 3 is 2.46 bits per heavy atom. The van der Waals surface area contributed by atoms with Crippen LogP contribution in [0.15, 0.2) is 53.4 Å². The van der Waals surface area contributed by atoms with Gasteiger partial charge in [-0.05, 0) is 42.3 Å². The molecule has 1 N–H and O–H groups in total. The Bertz CT molecular complexity index is 1580. The van der Waals surface area contributed by atoms with Crippen LogP contribution in [-0.4, -0.2) is 80.5 Å². The average Bonchev–Trinajstić information content (AvgIpc) is 3.68. The van der Waals surface area contributed by atoms with Crippen molar-refractivity contribution in [2.24, 2.45) is 5.92 Å². The van der Waals surface area contributed by atoms with Crippen molar-refractivity contribution in [2.75, 3.05) is 33.9 Å². The molecule has 2 aromatic carbocycles. The summed E-state index contributed by atoms with van der Waals surface area (Å²) in [7, 11) is -1.38. The summed E-state index contributed by atoms with van der Waals surface area (Å²) in [6, 6.07) is 12.5. The Labute approximate surface area is 224 Å². The van der Waals surface area contributed by atoms with Crippen LogP contribution < -0.4 is 4.74 Å². The van der Waals surface area contributed by atoms with E-state index in [9.17, 15) is 22.8 Å². The normalized spacial score (nSPS) is 24.8. The fraction of sp³-hybridized carbons (Fsp3) is 0.370. The maximum atomic E-state index is 14.1. The summed E-state index contributed by atoms with van der Waals surface area (Å²) < 4.78 is 44.7. The van der Waals surface area contributed by atoms with Gasteiger partial charge in [-0.15, -0.1) is 0 Å². The van der Waals surface area contributed by atoms with Crippen LogP contribution in [0.3, 0.4) is 0 Å². The summed E-state index contributed by atoms with van der Waals surface area (Å²) in [5, 5.41) is 0.750. The van der Waals surface area contributed by atoms with Gasteiger partial charge >= 0.3 is 12.1 Å². The zero-order valence-electron chi connectivity index (χ0n) is 21.3. The molecule has 4 atom stereocenters. The Balaban J connectivity index is 1.55. The fourth-order valence-electron chi connectivity index (χ4n) is 6.34. The van der Waals surface area contributed by atoms with Gasteiger partial charge in [0.15, 0.2) is 0 Å². The van der Waals surface area contributed by atoms with Gasteiger partial charge in [0.25, 0.3) is 0 Å². The number of amides is 2. The molecule has 2 fully saturated rings. The molecule has 3 heterocycles. The lowest BCUT2D eigenvalue weighted by molar-refractivity contribution is -0.150. The number of cyclic esters (lactones) is 1. The summed E-state index contributed by atoms with van der Waals surface area (Å²) in [5.41, 5.74) is 2.07. The Morgan fingerprint density at radius 1 is 1.05 bits per heavy atom. The highest BCUT2D eigenvalue weighted by atomic mass is 32.2. The molecule has 204 valence electrons. The van der Waals surface area contributed by atoms with Crippen molar-refractivity contribution < 1.29 is 37.0 Å². The number of nitrogens with zero attached hydrogens (tertiary/aromatic N) is 2. The number of nitrogens with one attached hydrogen (secondary N) is 1. The molecule has 0 unspecified atom stereocenters. The van der Waals surface area contributed by atoms with E-state index < -0.39 is 51.8 Å². The number of aromatic nitrogens is 1. The van der Waals surface area contributed by atoms with Crippen molar-refractivity contribution in [1.29, 1.82) is 0 Å². The molecule has 1 aromatic heterocycles. The van der Waals surface area contributed by atoms with Crippen LogP contribution in [0, 0.1) is 5.92 Å². The number of fused-ring (bicyclic) bond motifs is 5. The molecule has 2 aliphatic heterocycles. The van der Waals surface area contributed by atoms with Crippen LogP contribution in [-0.2, 0) is 29.1 Å². The number of esters is 1. The molecule has 12 heteroatoms. The van der Waals surface area contributed by atoms with E-state index in [2.05, 4.69) is 4.98 Å². The van der Waals surface area contributed by atoms with Crippen LogP contribution in [0.5, 0.6) is 5.75 Å². The number of carbonyl (C=O) groups excluding carboxylic acids is 3. The SMILES string of the molecule is COC(=O)[C@H]1c2c([nH]c3ccccc23)[C@H]2CCN(S(=O)(=O)c3ccc(OC)cc3)[C@H]2[C@@H]1C(=O)N1CCOC1=O. The van der Waals surface area contributed by atoms with Crippen LogP contribution in [0.2, 0.25) is 0 Å². The van der Waals surface area contributed by atoms with Crippen molar-refractivity contribution in [3.63, 3.8) is 0 Å². The first-order chi connectivity index (χ1) is 18.8. The summed E-state index contributed by atoms with van der Waals surface area (Å²) in [6.45, 7) is 0.173. The van der Waals surface area contributed by atoms with Crippen molar-refractivity contribution in [3.8, 4) is 5.75 Å². The Kier molecular flexibility index (Phi) is 6.11. The number of hydrogen-bond acceptors (Lipinski definition) is 8. The third kappa shape index (κ3) is 3.80. The topological polar surface area (TPSA) is 135 Å². The van der Waals surface area contributed by atoms with Gasteiger partial charge in [0.1, 0.15) is 12.4 Å². The molecular formula is C27H27N3O8S. The average molecular weight is 554 g/mol. The quantitative estimate of drug-likeness (QED) is 0.477. The number of imide groups is 1. The number of aromatic amines is 1. The first kappa shape index (κ1) is 25.4. The molecule has 39 heavy (non-hydrogen) atoms. The standard InChI is InChI=1S/C27H27N3O8S/c1-36-15-7-9-16(10-8-15)39(34,35)30-12-11-18-23-20(17-5-3-4-6-19(17)28-23)21(26(32)37-2)22(24(18)30)25(31)29-13-14-38-27(29)33/h3-10,18,21-22,24,28H,11-14H2,1-2H3/t18-,21+,22-,24-/m1/s1. The van der Waals surface area contributed by atoms with Crippen molar-refractivity contribution in [2.45, 2.75) is 29.2 Å². The van der Waals surface area contributed by atoms with Gasteiger partial charge in [-0.1, -0.05) is 18.2 Å². The molecule has 11 nitrogen and oxygen atoms in total. The van der Waals surface area contributed by atoms with Crippen LogP contribution >= 0.6 is 0 Å². The van der Waals surface area contributed by atoms with E-state index in [1.807, 2.05) is 24.3 Å². The van der Waals surface area contributed by atoms with E-state index in [-0.39, 0.29) is 24.6 Å². The largest absolute Gasteiger partial charge is 0.497 e. The van der Waals surface area contributed by atoms with E-state index in [0.717, 1.165) is 15.8 Å². The minimum absolute atomic E-state index is 0.0193. The lowest BCUT2D eigenvalue weighted by atomic mass is 9.68. The van der Waals surface area contributed by atoms with Gasteiger partial charge in [0, 0.05) is 35.1 Å². The Hall–Kier alpha value is -3.90. The highest BCUT2D eigenvalue weighted by Crippen LogP contribution is 2.53. The maximum absolute atomic E-state index is 14.1. The number of benzene rings is 2. The molecule has 0 bridgehead atoms. The first-order valence-electron chi connectivity index (χ1n) is 12.6. The number of sulfonamides is 1. The van der Waals surface area contributed by atoms with Gasteiger partial charge in [-0.2, -0.15) is 4.31 Å². The second-order valence-electron chi connectivity index (χ2n) is 9.81. The smallest absolute Gasteiger partial charge is 0.416 e. The summed E-state index contributed by atoms with van der Waals surface area (Å²) in [4.78, 5) is 44.5. The predicted molar refractivity (Wildman–Crippen MR) is 138 cm³/mol. The summed E-state index contributed by atoms with van der Waals surface area (Å²) in [6.07, 6.45) is -0.394. The molecular weight excluding hydrogens is 526 g/mol. The number of carbonyl (C=O) groups is 3. The third-order valence-electron chi connectivity index (χ3n) is 8.02. The van der Waals surface area contributed by atoms with Crippen LogP contribution in [0.25, 0.3) is 10.9 Å². The molecule has 2 saturated heterocycles. The van der Waals surface area contributed by atoms with Gasteiger partial charge in [0.2, 0.25) is 15.9 Å². The third-order valence-corrected chi connectivity index (χ3v) is 9.94. The van der Waals surface area contributed by atoms with Crippen molar-refractivity contribution in [1.82, 2.24) is 14.2 Å². The van der Waals surface area contributed by atoms with E-state index in [4.69, 9.17) is 14.2 Å². The number of H-pyrrole nitrogens is 1. The second-order valence-corrected chi connectivity index (χ2v) is 11.7. The lowest BCUT2D eigenvalue weighted by Gasteiger charge is -2.41. The number of methoxy groups -OCH3 is 2. The zero-order chi connectivity index (χ0) is 27.5. The van der Waals surface area contributed by atoms with Gasteiger partial charge in [-0.3, -0.25) is 9.59 Å². The van der Waals surface area contributed by atoms with Gasteiger partial charge in [-0.25, -0.2) is 18.1 Å². The monoisotopic (exact) mass is 553 g/mol. The van der Waals surface area contributed by atoms with Crippen molar-refractivity contribution in [3.05, 3.63) is 59.8 Å². The zero-order valence-corrected chi connectivity index (χ0v) is 22.1. The molecule has 3 aromatic rings. The van der Waals surface area contributed by atoms with Gasteiger partial charge in [0.05, 0.1) is 37.5 Å². The highest BCUT2D eigenvalue weighted by molar-refractivity contribution is 7.89. The molecule has 0 spiro atoms. The second kappa shape index (κ2) is 9.38. The number of ether oxygens (including phenoxy) is 3. The maximum Gasteiger partial charge on any atom is 0.416 e. The molecule has 1 aliphatic carbocycles. The van der Waals surface area contributed by atoms with Crippen LogP contribution in [0.4, 0.5) is 4.79 Å². The number of hydrogen-bond donors (Lipinski definition) is 1. The summed E-state index contributed by atoms with van der Waals surface area (Å²) >= 11 is 0. The molecule has 2 amide bonds. The summed E-state index contributed by atoms with van der Waals surface area (Å²) in [5.74, 6) is -3.62. The molecule has 3 aliphatic rings. The van der Waals surface area contributed by atoms with Crippen LogP contribution in [0.1, 0.15) is 29.5 Å². The lowest BCUT2D eigenvalue weighted by Crippen LogP contribution is -2.54. The highest BCUT2D eigenvalue weighted by Gasteiger charge is 2.59. The molecule has 0 saturated carbocycles. The fourth-order valence-corrected chi connectivity index (χ4v) is 8.03. The molecule has 0 radical (unpaired) electrons. The Morgan fingerprint density at radius 2 is 1.79 bits per heavy atom. The minimum Gasteiger partial charge on any atom is -0.497 e. The molecule has 6 rings (SSSR count). The predicted octanol–water partition coefficient (Wildman–Crippen LogP) is 2.59. The van der Waals surface area contributed by atoms with E-state index in [1.54, 1.807) is 12.1 Å². The first-order valence-corrected chi connectivity index (χ1v) is 14.0. The van der Waals surface area contributed by atoms with E-state index in [0.29, 0.717) is 23.4 Å². The van der Waals surface area contributed by atoms with E-state index >= 15 is 0 Å². The van der Waals surface area contributed by atoms with E-state index in [1.165, 1.54) is 30.7 Å². The number of rotatable bonds is 5. The number of para-hydroxylation sites is 1. The minimum atomic E-state index is -4.10. The van der Waals surface area contributed by atoms with Crippen molar-refractivity contribution >= 4 is 38.9 Å². The van der Waals surface area contributed by atoms with Gasteiger partial charge < -0.3 is 19.2 Å².